The Morgan fingerprint density at radius 2 is 1.17 bits per heavy atom. The van der Waals surface area contributed by atoms with Crippen molar-refractivity contribution in [2.75, 3.05) is 5.73 Å². The van der Waals surface area contributed by atoms with Crippen LogP contribution in [-0.2, 0) is 5.41 Å². The van der Waals surface area contributed by atoms with E-state index in [-0.39, 0.29) is 5.41 Å². The lowest BCUT2D eigenvalue weighted by Gasteiger charge is -2.21. The van der Waals surface area contributed by atoms with Gasteiger partial charge in [-0.05, 0) is 200 Å². The van der Waals surface area contributed by atoms with E-state index in [0.717, 1.165) is 12.1 Å². The lowest BCUT2D eigenvalue weighted by molar-refractivity contribution is 0.660. The normalized spacial score (nSPS) is 14.1. The summed E-state index contributed by atoms with van der Waals surface area (Å²) in [7, 11) is 0. The highest BCUT2D eigenvalue weighted by Crippen LogP contribution is 2.49. The van der Waals surface area contributed by atoms with Crippen molar-refractivity contribution in [3.05, 3.63) is 276 Å². The third-order valence-corrected chi connectivity index (χ3v) is 15.1. The summed E-state index contributed by atoms with van der Waals surface area (Å²) in [5.41, 5.74) is 34.3. The molecule has 0 aliphatic heterocycles. The van der Waals surface area contributed by atoms with Crippen molar-refractivity contribution in [3.63, 3.8) is 0 Å². The minimum absolute atomic E-state index is 0.0707. The Labute approximate surface area is 456 Å². The molecule has 8 aromatic carbocycles. The number of nitrogens with two attached hydrogens (primary N) is 1. The van der Waals surface area contributed by atoms with Crippen LogP contribution in [-0.4, -0.2) is 0 Å². The highest BCUT2D eigenvalue weighted by molar-refractivity contribution is 5.89. The Bertz CT molecular complexity index is 3450. The summed E-state index contributed by atoms with van der Waals surface area (Å²) in [5, 5.41) is 0. The van der Waals surface area contributed by atoms with Gasteiger partial charge in [-0.25, -0.2) is 0 Å². The van der Waals surface area contributed by atoms with Gasteiger partial charge in [0, 0.05) is 11.1 Å². The molecule has 0 bridgehead atoms. The molecule has 382 valence electrons. The van der Waals surface area contributed by atoms with Crippen molar-refractivity contribution in [3.8, 4) is 55.6 Å². The minimum atomic E-state index is 0.0707. The van der Waals surface area contributed by atoms with Gasteiger partial charge < -0.3 is 5.73 Å². The van der Waals surface area contributed by atoms with Crippen LogP contribution in [0.1, 0.15) is 124 Å². The molecule has 0 heterocycles. The Morgan fingerprint density at radius 1 is 0.579 bits per heavy atom. The second-order valence-electron chi connectivity index (χ2n) is 20.5. The minimum Gasteiger partial charge on any atom is -0.399 e. The number of hydrogen-bond donors (Lipinski definition) is 1. The van der Waals surface area contributed by atoms with Gasteiger partial charge in [-0.1, -0.05) is 228 Å². The molecule has 0 aromatic heterocycles. The van der Waals surface area contributed by atoms with Gasteiger partial charge in [-0.2, -0.15) is 0 Å². The van der Waals surface area contributed by atoms with Crippen LogP contribution in [0.25, 0.3) is 72.9 Å². The molecule has 11 rings (SSSR count). The van der Waals surface area contributed by atoms with Crippen LogP contribution in [0.4, 0.5) is 5.69 Å². The van der Waals surface area contributed by atoms with Crippen molar-refractivity contribution < 1.29 is 0 Å². The van der Waals surface area contributed by atoms with E-state index < -0.39 is 0 Å². The van der Waals surface area contributed by atoms with Crippen LogP contribution < -0.4 is 5.73 Å². The first-order valence-electron chi connectivity index (χ1n) is 27.6. The summed E-state index contributed by atoms with van der Waals surface area (Å²) in [5.74, 6) is 0.686. The maximum absolute atomic E-state index is 5.89. The molecule has 0 atom stereocenters. The fraction of sp³-hybridized carbons (Fsp3) is 0.200. The summed E-state index contributed by atoms with van der Waals surface area (Å²) in [6, 6.07) is 64.3. The average Bonchev–Trinajstić information content (AvgIpc) is 4.44. The van der Waals surface area contributed by atoms with Crippen LogP contribution >= 0.6 is 0 Å². The summed E-state index contributed by atoms with van der Waals surface area (Å²) < 4.78 is 0. The van der Waals surface area contributed by atoms with Crippen LogP contribution in [0.3, 0.4) is 0 Å². The first-order valence-corrected chi connectivity index (χ1v) is 27.6. The van der Waals surface area contributed by atoms with E-state index in [2.05, 4.69) is 267 Å². The van der Waals surface area contributed by atoms with Crippen molar-refractivity contribution in [1.29, 1.82) is 0 Å². The van der Waals surface area contributed by atoms with E-state index in [1.807, 2.05) is 19.9 Å². The third kappa shape index (κ3) is 12.4. The standard InChI is InChI=1S/C56H52.C15H15N.C2H6.C2H4/c1-5-15-44(31-28-43-29-32-46(33-30-43)45-18-7-6-8-19-45)48-36-49(52-23-13-22-51(40(52)3)39(2)16-9-10-17-42-26-27-42)38-50(37-48)53-24-14-25-54(41(53)4)56-21-12-11-20-55(56)47-34-35-47;1-15(2)13-6-4-3-5-11(13)12-8-7-10(16)9-14(12)15;2*1-2/h6-25,28-33,36-38,47H,5,26-27,34-35H2,1-4H3;3-9H,16H2,1-2H3;1-2H3;1-2H2/b10-9-,31-28-,39-16+,44-15+;;;. The molecule has 1 heteroatoms. The molecule has 0 spiro atoms. The molecule has 76 heavy (non-hydrogen) atoms. The number of anilines is 1. The second-order valence-corrected chi connectivity index (χ2v) is 20.5. The molecule has 8 aromatic rings. The summed E-state index contributed by atoms with van der Waals surface area (Å²) in [4.78, 5) is 0. The second kappa shape index (κ2) is 25.0. The number of fused-ring (bicyclic) bond motifs is 3. The van der Waals surface area contributed by atoms with Gasteiger partial charge in [0.15, 0.2) is 0 Å². The molecule has 1 nitrogen and oxygen atoms in total. The summed E-state index contributed by atoms with van der Waals surface area (Å²) >= 11 is 0. The van der Waals surface area contributed by atoms with Crippen LogP contribution in [0.5, 0.6) is 0 Å². The molecule has 2 saturated carbocycles. The fourth-order valence-corrected chi connectivity index (χ4v) is 10.8. The van der Waals surface area contributed by atoms with Crippen LogP contribution in [0.2, 0.25) is 0 Å². The van der Waals surface area contributed by atoms with Crippen molar-refractivity contribution in [2.24, 2.45) is 0 Å². The third-order valence-electron chi connectivity index (χ3n) is 15.1. The monoisotopic (exact) mass is 992 g/mol. The lowest BCUT2D eigenvalue weighted by Crippen LogP contribution is -2.15. The molecule has 2 N–H and O–H groups in total. The van der Waals surface area contributed by atoms with E-state index in [0.29, 0.717) is 5.92 Å². The Balaban J connectivity index is 0.000000321. The van der Waals surface area contributed by atoms with E-state index in [9.17, 15) is 0 Å². The van der Waals surface area contributed by atoms with Gasteiger partial charge in [0.2, 0.25) is 0 Å². The van der Waals surface area contributed by atoms with Crippen molar-refractivity contribution in [2.45, 2.75) is 98.8 Å². The first-order chi connectivity index (χ1) is 37.1. The number of allylic oxidation sites excluding steroid dienone is 9. The fourth-order valence-electron chi connectivity index (χ4n) is 10.8. The zero-order valence-electron chi connectivity index (χ0n) is 46.4. The van der Waals surface area contributed by atoms with Gasteiger partial charge >= 0.3 is 0 Å². The maximum Gasteiger partial charge on any atom is 0.0317 e. The average molecular weight is 992 g/mol. The molecule has 0 amide bonds. The van der Waals surface area contributed by atoms with Gasteiger partial charge in [0.25, 0.3) is 0 Å². The molecule has 0 unspecified atom stereocenters. The molecule has 0 saturated heterocycles. The Morgan fingerprint density at radius 3 is 1.86 bits per heavy atom. The van der Waals surface area contributed by atoms with E-state index in [1.165, 1.54) is 137 Å². The molecule has 0 radical (unpaired) electrons. The SMILES string of the molecule is C=C.CC.CC/C=C(\C=C/c1ccc(-c2ccccc2)cc1)c1cc(-c2cccc(/C(C)=C/C=C\C=C3CC3)c2C)cc(-c2cccc(-c3ccccc3C3CC3)c2C)c1.CC1(C)c2ccccc2-c2ccc(N)cc21. The lowest BCUT2D eigenvalue weighted by atomic mass is 9.82. The van der Waals surface area contributed by atoms with Gasteiger partial charge in [0.1, 0.15) is 0 Å². The smallest absolute Gasteiger partial charge is 0.0317 e. The highest BCUT2D eigenvalue weighted by atomic mass is 14.6. The van der Waals surface area contributed by atoms with Crippen molar-refractivity contribution in [1.82, 2.24) is 0 Å². The number of benzene rings is 8. The number of nitrogen functional groups attached to an aromatic ring is 1. The quantitative estimate of drug-likeness (QED) is 0.0737. The van der Waals surface area contributed by atoms with Crippen LogP contribution in [0, 0.1) is 13.8 Å². The van der Waals surface area contributed by atoms with Gasteiger partial charge in [-0.15, -0.1) is 13.2 Å². The first kappa shape index (κ1) is 54.3. The van der Waals surface area contributed by atoms with E-state index in [4.69, 9.17) is 5.73 Å². The van der Waals surface area contributed by atoms with E-state index >= 15 is 0 Å². The van der Waals surface area contributed by atoms with Gasteiger partial charge in [0.05, 0.1) is 0 Å². The predicted octanol–water partition coefficient (Wildman–Crippen LogP) is 21.4. The highest BCUT2D eigenvalue weighted by Gasteiger charge is 2.35. The largest absolute Gasteiger partial charge is 0.399 e. The molecule has 2 fully saturated rings. The summed E-state index contributed by atoms with van der Waals surface area (Å²) in [6.45, 7) is 23.6. The molecular formula is C75H77N. The van der Waals surface area contributed by atoms with E-state index in [1.54, 1.807) is 5.57 Å². The van der Waals surface area contributed by atoms with Crippen molar-refractivity contribution >= 4 is 22.9 Å². The summed E-state index contributed by atoms with van der Waals surface area (Å²) in [6.07, 6.45) is 21.8. The predicted molar refractivity (Wildman–Crippen MR) is 335 cm³/mol. The number of rotatable bonds is 12. The zero-order chi connectivity index (χ0) is 53.8. The molecule has 3 aliphatic rings. The molecule has 3 aliphatic carbocycles. The number of hydrogen-bond acceptors (Lipinski definition) is 1. The topological polar surface area (TPSA) is 26.0 Å². The zero-order valence-corrected chi connectivity index (χ0v) is 46.4. The molecular weight excluding hydrogens is 915 g/mol. The Kier molecular flexibility index (Phi) is 17.9. The van der Waals surface area contributed by atoms with Crippen LogP contribution in [0.15, 0.2) is 231 Å². The maximum atomic E-state index is 5.89. The Hall–Kier alpha value is -8.00. The van der Waals surface area contributed by atoms with Gasteiger partial charge in [-0.3, -0.25) is 0 Å².